The molecule has 0 radical (unpaired) electrons. The van der Waals surface area contributed by atoms with Crippen LogP contribution in [0.3, 0.4) is 0 Å². The number of hydrogen-bond donors (Lipinski definition) is 1. The molecule has 0 spiro atoms. The molecule has 0 fully saturated rings. The largest absolute Gasteiger partial charge is 0.384 e. The molecule has 2 atom stereocenters. The van der Waals surface area contributed by atoms with Gasteiger partial charge >= 0.3 is 0 Å². The van der Waals surface area contributed by atoms with E-state index in [1.54, 1.807) is 7.11 Å². The molecule has 2 nitrogen and oxygen atoms in total. The van der Waals surface area contributed by atoms with E-state index in [0.29, 0.717) is 11.6 Å². The van der Waals surface area contributed by atoms with Crippen molar-refractivity contribution in [2.45, 2.75) is 19.4 Å². The van der Waals surface area contributed by atoms with Crippen molar-refractivity contribution in [3.8, 4) is 0 Å². The Morgan fingerprint density at radius 2 is 2.20 bits per heavy atom. The SMILES string of the molecule is COCC(C)C(C)(N)c1cccc(Cl)c1. The maximum atomic E-state index is 6.30. The first-order valence-electron chi connectivity index (χ1n) is 5.02. The van der Waals surface area contributed by atoms with Gasteiger partial charge in [-0.1, -0.05) is 30.7 Å². The summed E-state index contributed by atoms with van der Waals surface area (Å²) in [6.07, 6.45) is 0. The van der Waals surface area contributed by atoms with Crippen LogP contribution in [0.15, 0.2) is 24.3 Å². The average Bonchev–Trinajstić information content (AvgIpc) is 2.18. The quantitative estimate of drug-likeness (QED) is 0.859. The van der Waals surface area contributed by atoms with Crippen LogP contribution in [0.5, 0.6) is 0 Å². The highest BCUT2D eigenvalue weighted by atomic mass is 35.5. The fourth-order valence-corrected chi connectivity index (χ4v) is 1.72. The Labute approximate surface area is 96.4 Å². The predicted octanol–water partition coefficient (Wildman–Crippen LogP) is 2.80. The topological polar surface area (TPSA) is 35.2 Å². The van der Waals surface area contributed by atoms with Gasteiger partial charge < -0.3 is 10.5 Å². The Hall–Kier alpha value is -0.570. The fraction of sp³-hybridized carbons (Fsp3) is 0.500. The molecule has 0 heterocycles. The molecule has 84 valence electrons. The minimum absolute atomic E-state index is 0.237. The number of nitrogens with two attached hydrogens (primary N) is 1. The van der Waals surface area contributed by atoms with E-state index in [1.165, 1.54) is 0 Å². The van der Waals surface area contributed by atoms with Gasteiger partial charge in [-0.15, -0.1) is 0 Å². The van der Waals surface area contributed by atoms with E-state index >= 15 is 0 Å². The summed E-state index contributed by atoms with van der Waals surface area (Å²) in [6, 6.07) is 7.68. The van der Waals surface area contributed by atoms with Gasteiger partial charge in [0.2, 0.25) is 0 Å². The Kier molecular flexibility index (Phi) is 4.14. The lowest BCUT2D eigenvalue weighted by Crippen LogP contribution is -2.41. The molecule has 0 saturated heterocycles. The zero-order chi connectivity index (χ0) is 11.5. The van der Waals surface area contributed by atoms with Crippen LogP contribution in [0.25, 0.3) is 0 Å². The van der Waals surface area contributed by atoms with Gasteiger partial charge in [0.25, 0.3) is 0 Å². The van der Waals surface area contributed by atoms with Crippen molar-refractivity contribution in [3.63, 3.8) is 0 Å². The summed E-state index contributed by atoms with van der Waals surface area (Å²) in [6.45, 7) is 4.71. The molecular weight excluding hydrogens is 210 g/mol. The van der Waals surface area contributed by atoms with E-state index in [-0.39, 0.29) is 5.92 Å². The molecule has 0 aromatic heterocycles. The monoisotopic (exact) mass is 227 g/mol. The highest BCUT2D eigenvalue weighted by molar-refractivity contribution is 6.30. The third-order valence-corrected chi connectivity index (χ3v) is 3.12. The van der Waals surface area contributed by atoms with Gasteiger partial charge in [-0.25, -0.2) is 0 Å². The van der Waals surface area contributed by atoms with Gasteiger partial charge in [-0.2, -0.15) is 0 Å². The summed E-state index contributed by atoms with van der Waals surface area (Å²) in [4.78, 5) is 0. The number of rotatable bonds is 4. The van der Waals surface area contributed by atoms with E-state index in [4.69, 9.17) is 22.1 Å². The maximum Gasteiger partial charge on any atom is 0.0508 e. The summed E-state index contributed by atoms with van der Waals surface area (Å²) in [7, 11) is 1.69. The second-order valence-electron chi connectivity index (χ2n) is 4.15. The van der Waals surface area contributed by atoms with Crippen molar-refractivity contribution in [2.75, 3.05) is 13.7 Å². The lowest BCUT2D eigenvalue weighted by Gasteiger charge is -2.32. The summed E-state index contributed by atoms with van der Waals surface area (Å²) >= 11 is 5.95. The lowest BCUT2D eigenvalue weighted by molar-refractivity contribution is 0.121. The van der Waals surface area contributed by atoms with Crippen LogP contribution in [0.1, 0.15) is 19.4 Å². The molecule has 0 aliphatic heterocycles. The molecule has 1 aromatic rings. The Bertz CT molecular complexity index is 325. The minimum Gasteiger partial charge on any atom is -0.384 e. The first kappa shape index (κ1) is 12.5. The molecule has 3 heteroatoms. The van der Waals surface area contributed by atoms with Crippen LogP contribution in [0.4, 0.5) is 0 Å². The van der Waals surface area contributed by atoms with Crippen LogP contribution in [-0.2, 0) is 10.3 Å². The fourth-order valence-electron chi connectivity index (χ4n) is 1.53. The number of methoxy groups -OCH3 is 1. The molecule has 2 N–H and O–H groups in total. The summed E-state index contributed by atoms with van der Waals surface area (Å²) in [5.74, 6) is 0.237. The van der Waals surface area contributed by atoms with Crippen molar-refractivity contribution in [2.24, 2.45) is 11.7 Å². The Balaban J connectivity index is 2.94. The van der Waals surface area contributed by atoms with Crippen molar-refractivity contribution in [1.29, 1.82) is 0 Å². The van der Waals surface area contributed by atoms with Crippen molar-refractivity contribution >= 4 is 11.6 Å². The van der Waals surface area contributed by atoms with E-state index < -0.39 is 5.54 Å². The van der Waals surface area contributed by atoms with Crippen LogP contribution in [0.2, 0.25) is 5.02 Å². The Morgan fingerprint density at radius 1 is 1.53 bits per heavy atom. The van der Waals surface area contributed by atoms with Crippen LogP contribution in [-0.4, -0.2) is 13.7 Å². The van der Waals surface area contributed by atoms with Crippen molar-refractivity contribution < 1.29 is 4.74 Å². The molecule has 2 unspecified atom stereocenters. The maximum absolute atomic E-state index is 6.30. The molecule has 0 amide bonds. The van der Waals surface area contributed by atoms with Crippen LogP contribution < -0.4 is 5.73 Å². The zero-order valence-corrected chi connectivity index (χ0v) is 10.2. The first-order valence-corrected chi connectivity index (χ1v) is 5.40. The second kappa shape index (κ2) is 4.97. The molecule has 0 bridgehead atoms. The smallest absolute Gasteiger partial charge is 0.0508 e. The lowest BCUT2D eigenvalue weighted by atomic mass is 9.82. The minimum atomic E-state index is -0.416. The van der Waals surface area contributed by atoms with Crippen LogP contribution in [0, 0.1) is 5.92 Å². The Morgan fingerprint density at radius 3 is 2.73 bits per heavy atom. The normalized spacial score (nSPS) is 17.1. The first-order chi connectivity index (χ1) is 6.98. The zero-order valence-electron chi connectivity index (χ0n) is 9.46. The van der Waals surface area contributed by atoms with Crippen LogP contribution >= 0.6 is 11.6 Å². The summed E-state index contributed by atoms with van der Waals surface area (Å²) in [5.41, 5.74) is 6.92. The number of benzene rings is 1. The van der Waals surface area contributed by atoms with Crippen molar-refractivity contribution in [1.82, 2.24) is 0 Å². The number of hydrogen-bond acceptors (Lipinski definition) is 2. The average molecular weight is 228 g/mol. The molecule has 0 aliphatic rings. The molecule has 0 aliphatic carbocycles. The van der Waals surface area contributed by atoms with Crippen molar-refractivity contribution in [3.05, 3.63) is 34.9 Å². The van der Waals surface area contributed by atoms with Gasteiger partial charge in [0.1, 0.15) is 0 Å². The third-order valence-electron chi connectivity index (χ3n) is 2.89. The highest BCUT2D eigenvalue weighted by Crippen LogP contribution is 2.28. The summed E-state index contributed by atoms with van der Waals surface area (Å²) in [5, 5.41) is 0.716. The van der Waals surface area contributed by atoms with Gasteiger partial charge in [0.15, 0.2) is 0 Å². The van der Waals surface area contributed by atoms with E-state index in [0.717, 1.165) is 5.56 Å². The van der Waals surface area contributed by atoms with Gasteiger partial charge in [-0.3, -0.25) is 0 Å². The highest BCUT2D eigenvalue weighted by Gasteiger charge is 2.28. The van der Waals surface area contributed by atoms with E-state index in [2.05, 4.69) is 6.92 Å². The third kappa shape index (κ3) is 2.94. The predicted molar refractivity (Wildman–Crippen MR) is 64.0 cm³/mol. The molecule has 1 rings (SSSR count). The van der Waals surface area contributed by atoms with Gasteiger partial charge in [0.05, 0.1) is 6.61 Å². The van der Waals surface area contributed by atoms with E-state index in [9.17, 15) is 0 Å². The standard InChI is InChI=1S/C12H18ClNO/c1-9(8-15-3)12(2,14)10-5-4-6-11(13)7-10/h4-7,9H,8,14H2,1-3H3. The van der Waals surface area contributed by atoms with Gasteiger partial charge in [0, 0.05) is 23.6 Å². The second-order valence-corrected chi connectivity index (χ2v) is 4.59. The van der Waals surface area contributed by atoms with E-state index in [1.807, 2.05) is 31.2 Å². The number of ether oxygens (including phenoxy) is 1. The molecular formula is C12H18ClNO. The molecule has 0 saturated carbocycles. The molecule has 1 aromatic carbocycles. The number of halogens is 1. The molecule has 15 heavy (non-hydrogen) atoms. The summed E-state index contributed by atoms with van der Waals surface area (Å²) < 4.78 is 5.13. The van der Waals surface area contributed by atoms with Gasteiger partial charge in [-0.05, 0) is 24.6 Å².